The minimum atomic E-state index is -0.931. The summed E-state index contributed by atoms with van der Waals surface area (Å²) in [4.78, 5) is 14.8. The van der Waals surface area contributed by atoms with E-state index in [2.05, 4.69) is 4.99 Å². The predicted molar refractivity (Wildman–Crippen MR) is 66.7 cm³/mol. The summed E-state index contributed by atoms with van der Waals surface area (Å²) < 4.78 is 0. The molecule has 5 N–H and O–H groups in total. The second kappa shape index (κ2) is 5.34. The van der Waals surface area contributed by atoms with Crippen LogP contribution in [0.1, 0.15) is 29.2 Å². The molecule has 5 nitrogen and oxygen atoms in total. The molecule has 0 saturated carbocycles. The van der Waals surface area contributed by atoms with Crippen LogP contribution < -0.4 is 11.5 Å². The Morgan fingerprint density at radius 2 is 2.06 bits per heavy atom. The normalized spacial score (nSPS) is 11.9. The fourth-order valence-corrected chi connectivity index (χ4v) is 1.77. The Bertz CT molecular complexity index is 451. The van der Waals surface area contributed by atoms with E-state index < -0.39 is 12.0 Å². The SMILES string of the molecule is Cc1ccc(C(CC(=O)O)N=C(N)N)c(C)c1. The van der Waals surface area contributed by atoms with Crippen LogP contribution in [0.5, 0.6) is 0 Å². The lowest BCUT2D eigenvalue weighted by Crippen LogP contribution is -2.24. The number of guanidine groups is 1. The monoisotopic (exact) mass is 235 g/mol. The maximum Gasteiger partial charge on any atom is 0.305 e. The number of carbonyl (C=O) groups is 1. The third kappa shape index (κ3) is 3.79. The van der Waals surface area contributed by atoms with Gasteiger partial charge in [0.25, 0.3) is 0 Å². The van der Waals surface area contributed by atoms with Crippen LogP contribution in [-0.2, 0) is 4.79 Å². The fraction of sp³-hybridized carbons (Fsp3) is 0.333. The molecule has 0 bridgehead atoms. The Kier molecular flexibility index (Phi) is 4.09. The third-order valence-corrected chi connectivity index (χ3v) is 2.46. The molecule has 0 aromatic heterocycles. The average Bonchev–Trinajstić information content (AvgIpc) is 2.14. The number of aryl methyl sites for hydroxylation is 2. The molecular formula is C12H17N3O2. The molecule has 0 fully saturated rings. The molecule has 0 saturated heterocycles. The Morgan fingerprint density at radius 1 is 1.41 bits per heavy atom. The van der Waals surface area contributed by atoms with E-state index in [1.54, 1.807) is 0 Å². The van der Waals surface area contributed by atoms with Gasteiger partial charge in [0.05, 0.1) is 12.5 Å². The van der Waals surface area contributed by atoms with Crippen LogP contribution in [0.2, 0.25) is 0 Å². The van der Waals surface area contributed by atoms with Crippen LogP contribution in [0.25, 0.3) is 0 Å². The molecular weight excluding hydrogens is 218 g/mol. The number of aliphatic imine (C=N–C) groups is 1. The molecule has 1 unspecified atom stereocenters. The molecule has 0 radical (unpaired) electrons. The number of benzene rings is 1. The highest BCUT2D eigenvalue weighted by Crippen LogP contribution is 2.25. The summed E-state index contributed by atoms with van der Waals surface area (Å²) in [5, 5.41) is 8.85. The quantitative estimate of drug-likeness (QED) is 0.537. The number of nitrogens with two attached hydrogens (primary N) is 2. The Morgan fingerprint density at radius 3 is 2.53 bits per heavy atom. The minimum Gasteiger partial charge on any atom is -0.481 e. The molecule has 0 amide bonds. The van der Waals surface area contributed by atoms with Crippen molar-refractivity contribution in [3.8, 4) is 0 Å². The van der Waals surface area contributed by atoms with E-state index in [9.17, 15) is 4.79 Å². The van der Waals surface area contributed by atoms with E-state index in [0.717, 1.165) is 16.7 Å². The summed E-state index contributed by atoms with van der Waals surface area (Å²) in [5.41, 5.74) is 13.6. The van der Waals surface area contributed by atoms with Crippen LogP contribution in [0.15, 0.2) is 23.2 Å². The molecule has 0 spiro atoms. The zero-order valence-electron chi connectivity index (χ0n) is 9.97. The first kappa shape index (κ1) is 13.0. The number of rotatable bonds is 4. The minimum absolute atomic E-state index is 0.101. The van der Waals surface area contributed by atoms with Gasteiger partial charge in [0.15, 0.2) is 5.96 Å². The first-order chi connectivity index (χ1) is 7.90. The molecule has 1 atom stereocenters. The number of hydrogen-bond donors (Lipinski definition) is 3. The first-order valence-electron chi connectivity index (χ1n) is 5.28. The predicted octanol–water partition coefficient (Wildman–Crippen LogP) is 1.09. The molecule has 92 valence electrons. The zero-order chi connectivity index (χ0) is 13.0. The number of hydrogen-bond acceptors (Lipinski definition) is 2. The van der Waals surface area contributed by atoms with Gasteiger partial charge >= 0.3 is 5.97 Å². The highest BCUT2D eigenvalue weighted by Gasteiger charge is 2.16. The summed E-state index contributed by atoms with van der Waals surface area (Å²) in [6.07, 6.45) is -0.123. The van der Waals surface area contributed by atoms with Crippen molar-refractivity contribution in [2.24, 2.45) is 16.5 Å². The molecule has 17 heavy (non-hydrogen) atoms. The smallest absolute Gasteiger partial charge is 0.305 e. The molecule has 1 aromatic rings. The van der Waals surface area contributed by atoms with Gasteiger partial charge in [-0.05, 0) is 25.0 Å². The van der Waals surface area contributed by atoms with Crippen LogP contribution >= 0.6 is 0 Å². The summed E-state index contributed by atoms with van der Waals surface area (Å²) in [5.74, 6) is -1.03. The number of carboxylic acids is 1. The van der Waals surface area contributed by atoms with E-state index >= 15 is 0 Å². The largest absolute Gasteiger partial charge is 0.481 e. The van der Waals surface area contributed by atoms with Gasteiger partial charge in [-0.25, -0.2) is 4.99 Å². The third-order valence-electron chi connectivity index (χ3n) is 2.46. The second-order valence-electron chi connectivity index (χ2n) is 4.03. The van der Waals surface area contributed by atoms with Crippen molar-refractivity contribution in [2.75, 3.05) is 0 Å². The van der Waals surface area contributed by atoms with E-state index in [1.165, 1.54) is 0 Å². The van der Waals surface area contributed by atoms with Gasteiger partial charge in [0.2, 0.25) is 0 Å². The maximum absolute atomic E-state index is 10.8. The van der Waals surface area contributed by atoms with Gasteiger partial charge in [0.1, 0.15) is 0 Å². The average molecular weight is 235 g/mol. The van der Waals surface area contributed by atoms with Gasteiger partial charge in [-0.2, -0.15) is 0 Å². The molecule has 0 heterocycles. The molecule has 5 heteroatoms. The highest BCUT2D eigenvalue weighted by molar-refractivity contribution is 5.77. The standard InChI is InChI=1S/C12H17N3O2/c1-7-3-4-9(8(2)5-7)10(6-11(16)17)15-12(13)14/h3-5,10H,6H2,1-2H3,(H,16,17)(H4,13,14,15). The van der Waals surface area contributed by atoms with Gasteiger partial charge in [-0.15, -0.1) is 0 Å². The van der Waals surface area contributed by atoms with Crippen molar-refractivity contribution in [1.82, 2.24) is 0 Å². The van der Waals surface area contributed by atoms with Crippen LogP contribution in [0.4, 0.5) is 0 Å². The second-order valence-corrected chi connectivity index (χ2v) is 4.03. The van der Waals surface area contributed by atoms with Gasteiger partial charge in [-0.3, -0.25) is 4.79 Å². The molecule has 0 aliphatic carbocycles. The molecule has 1 aromatic carbocycles. The van der Waals surface area contributed by atoms with Gasteiger partial charge < -0.3 is 16.6 Å². The van der Waals surface area contributed by atoms with E-state index in [1.807, 2.05) is 32.0 Å². The first-order valence-corrected chi connectivity index (χ1v) is 5.28. The van der Waals surface area contributed by atoms with Crippen LogP contribution in [0.3, 0.4) is 0 Å². The van der Waals surface area contributed by atoms with Crippen LogP contribution in [-0.4, -0.2) is 17.0 Å². The Balaban J connectivity index is 3.12. The number of carboxylic acid groups (broad SMARTS) is 1. The summed E-state index contributed by atoms with van der Waals surface area (Å²) >= 11 is 0. The van der Waals surface area contributed by atoms with Crippen molar-refractivity contribution in [1.29, 1.82) is 0 Å². The summed E-state index contributed by atoms with van der Waals surface area (Å²) in [6, 6.07) is 5.23. The molecule has 0 aliphatic rings. The lowest BCUT2D eigenvalue weighted by molar-refractivity contribution is -0.137. The molecule has 1 rings (SSSR count). The Labute approximate surface area is 100 Å². The molecule has 0 aliphatic heterocycles. The fourth-order valence-electron chi connectivity index (χ4n) is 1.77. The lowest BCUT2D eigenvalue weighted by Gasteiger charge is -2.14. The summed E-state index contributed by atoms with van der Waals surface area (Å²) in [7, 11) is 0. The zero-order valence-corrected chi connectivity index (χ0v) is 9.97. The van der Waals surface area contributed by atoms with Gasteiger partial charge in [-0.1, -0.05) is 23.8 Å². The van der Waals surface area contributed by atoms with Crippen molar-refractivity contribution in [2.45, 2.75) is 26.3 Å². The van der Waals surface area contributed by atoms with Crippen molar-refractivity contribution < 1.29 is 9.90 Å². The number of aliphatic carboxylic acids is 1. The van der Waals surface area contributed by atoms with E-state index in [4.69, 9.17) is 16.6 Å². The topological polar surface area (TPSA) is 102 Å². The van der Waals surface area contributed by atoms with Crippen molar-refractivity contribution in [3.05, 3.63) is 34.9 Å². The highest BCUT2D eigenvalue weighted by atomic mass is 16.4. The van der Waals surface area contributed by atoms with E-state index in [-0.39, 0.29) is 12.4 Å². The maximum atomic E-state index is 10.8. The lowest BCUT2D eigenvalue weighted by atomic mass is 9.97. The van der Waals surface area contributed by atoms with E-state index in [0.29, 0.717) is 0 Å². The van der Waals surface area contributed by atoms with Crippen LogP contribution in [0, 0.1) is 13.8 Å². The van der Waals surface area contributed by atoms with Crippen molar-refractivity contribution in [3.63, 3.8) is 0 Å². The Hall–Kier alpha value is -2.04. The summed E-state index contributed by atoms with van der Waals surface area (Å²) in [6.45, 7) is 3.89. The van der Waals surface area contributed by atoms with Crippen molar-refractivity contribution >= 4 is 11.9 Å². The number of nitrogens with zero attached hydrogens (tertiary/aromatic N) is 1. The van der Waals surface area contributed by atoms with Gasteiger partial charge in [0, 0.05) is 0 Å².